The zero-order valence-electron chi connectivity index (χ0n) is 10.6. The summed E-state index contributed by atoms with van der Waals surface area (Å²) >= 11 is 3.39. The Hall–Kier alpha value is -3.12. The highest BCUT2D eigenvalue weighted by Gasteiger charge is 2.12. The molecule has 21 heavy (non-hydrogen) atoms. The molecule has 0 saturated carbocycles. The van der Waals surface area contributed by atoms with Crippen LogP contribution in [0.25, 0.3) is 22.3 Å². The van der Waals surface area contributed by atoms with Crippen LogP contribution in [0.15, 0.2) is 34.8 Å². The van der Waals surface area contributed by atoms with Crippen molar-refractivity contribution < 1.29 is 0 Å². The maximum atomic E-state index is 9.05. The molecule has 0 spiro atoms. The monoisotopic (exact) mass is 332 g/mol. The van der Waals surface area contributed by atoms with E-state index in [-0.39, 0.29) is 11.1 Å². The molecule has 0 saturated heterocycles. The Morgan fingerprint density at radius 3 is 2.00 bits per heavy atom. The van der Waals surface area contributed by atoms with E-state index in [1.54, 1.807) is 30.3 Å². The third-order valence-corrected chi connectivity index (χ3v) is 3.61. The molecule has 96 valence electrons. The molecule has 0 amide bonds. The first kappa shape index (κ1) is 14.3. The van der Waals surface area contributed by atoms with Gasteiger partial charge in [-0.15, -0.1) is 0 Å². The Balaban J connectivity index is 3.10. The molecule has 2 rings (SSSR count). The lowest BCUT2D eigenvalue weighted by Crippen LogP contribution is -2.07. The van der Waals surface area contributed by atoms with Crippen molar-refractivity contribution in [3.8, 4) is 35.4 Å². The zero-order chi connectivity index (χ0) is 15.4. The van der Waals surface area contributed by atoms with Gasteiger partial charge in [0.2, 0.25) is 0 Å². The van der Waals surface area contributed by atoms with Gasteiger partial charge in [0.1, 0.15) is 35.4 Å². The molecule has 0 N–H and O–H groups in total. The molecule has 2 aliphatic carbocycles. The van der Waals surface area contributed by atoms with E-state index in [1.807, 2.05) is 24.3 Å². The molecule has 0 aromatic rings. The Morgan fingerprint density at radius 1 is 0.810 bits per heavy atom. The molecule has 0 radical (unpaired) electrons. The van der Waals surface area contributed by atoms with Crippen molar-refractivity contribution in [1.82, 2.24) is 0 Å². The second-order valence-corrected chi connectivity index (χ2v) is 4.91. The Morgan fingerprint density at radius 2 is 1.43 bits per heavy atom. The summed E-state index contributed by atoms with van der Waals surface area (Å²) in [4.78, 5) is 0. The summed E-state index contributed by atoms with van der Waals surface area (Å²) in [6, 6.07) is 15.9. The first-order valence-corrected chi connectivity index (χ1v) is 6.53. The fourth-order valence-electron chi connectivity index (χ4n) is 1.99. The Bertz CT molecular complexity index is 959. The SMILES string of the molecule is N#CC(C#N)=c1cccc2c(Br)cc(=C(C#N)C#N)c-2c1. The lowest BCUT2D eigenvalue weighted by molar-refractivity contribution is 1.49. The van der Waals surface area contributed by atoms with Gasteiger partial charge in [0, 0.05) is 14.9 Å². The fraction of sp³-hybridized carbons (Fsp3) is 0. The number of halogens is 1. The Kier molecular flexibility index (Phi) is 4.01. The lowest BCUT2D eigenvalue weighted by Gasteiger charge is -1.93. The minimum absolute atomic E-state index is 0.0154. The number of hydrogen-bond donors (Lipinski definition) is 0. The highest BCUT2D eigenvalue weighted by molar-refractivity contribution is 9.10. The van der Waals surface area contributed by atoms with Gasteiger partial charge in [-0.3, -0.25) is 0 Å². The van der Waals surface area contributed by atoms with Crippen LogP contribution in [0.5, 0.6) is 0 Å². The smallest absolute Gasteiger partial charge is 0.137 e. The minimum Gasteiger partial charge on any atom is -0.192 e. The highest BCUT2D eigenvalue weighted by atomic mass is 79.9. The van der Waals surface area contributed by atoms with Crippen molar-refractivity contribution in [2.45, 2.75) is 0 Å². The fourth-order valence-corrected chi connectivity index (χ4v) is 2.57. The molecule has 0 aromatic heterocycles. The minimum atomic E-state index is -0.0220. The van der Waals surface area contributed by atoms with Crippen molar-refractivity contribution in [3.05, 3.63) is 45.2 Å². The standard InChI is InChI=1S/C16H5BrN4/c17-16-5-14(12(8-20)9-21)15-4-10(11(6-18)7-19)2-1-3-13(15)16/h1-5H. The van der Waals surface area contributed by atoms with Crippen LogP contribution in [0.3, 0.4) is 0 Å². The Labute approximate surface area is 129 Å². The van der Waals surface area contributed by atoms with Gasteiger partial charge in [0.15, 0.2) is 0 Å². The quantitative estimate of drug-likeness (QED) is 0.736. The molecule has 4 nitrogen and oxygen atoms in total. The third-order valence-electron chi connectivity index (χ3n) is 2.95. The maximum absolute atomic E-state index is 9.05. The normalized spacial score (nSPS) is 9.00. The van der Waals surface area contributed by atoms with Gasteiger partial charge in [-0.1, -0.05) is 34.1 Å². The largest absolute Gasteiger partial charge is 0.192 e. The number of hydrogen-bond acceptors (Lipinski definition) is 4. The number of nitrogens with zero attached hydrogens (tertiary/aromatic N) is 4. The summed E-state index contributed by atoms with van der Waals surface area (Å²) in [6.07, 6.45) is 0. The van der Waals surface area contributed by atoms with E-state index in [0.717, 1.165) is 10.0 Å². The molecule has 0 aromatic carbocycles. The van der Waals surface area contributed by atoms with Crippen LogP contribution in [0.1, 0.15) is 0 Å². The average Bonchev–Trinajstić information content (AvgIpc) is 2.67. The van der Waals surface area contributed by atoms with E-state index in [2.05, 4.69) is 15.9 Å². The molecule has 0 fully saturated rings. The number of nitriles is 4. The van der Waals surface area contributed by atoms with Crippen LogP contribution in [0.2, 0.25) is 0 Å². The second kappa shape index (κ2) is 5.89. The first-order chi connectivity index (χ1) is 10.2. The van der Waals surface area contributed by atoms with Crippen LogP contribution >= 0.6 is 15.9 Å². The van der Waals surface area contributed by atoms with Gasteiger partial charge in [-0.2, -0.15) is 21.0 Å². The van der Waals surface area contributed by atoms with Crippen LogP contribution in [0.4, 0.5) is 0 Å². The summed E-state index contributed by atoms with van der Waals surface area (Å²) in [5.74, 6) is 0. The van der Waals surface area contributed by atoms with Gasteiger partial charge in [0.25, 0.3) is 0 Å². The van der Waals surface area contributed by atoms with Gasteiger partial charge in [-0.25, -0.2) is 0 Å². The van der Waals surface area contributed by atoms with Crippen molar-refractivity contribution in [3.63, 3.8) is 0 Å². The van der Waals surface area contributed by atoms with E-state index in [4.69, 9.17) is 21.0 Å². The van der Waals surface area contributed by atoms with Gasteiger partial charge in [0.05, 0.1) is 0 Å². The van der Waals surface area contributed by atoms with E-state index in [0.29, 0.717) is 16.0 Å². The summed E-state index contributed by atoms with van der Waals surface area (Å²) < 4.78 is 0.744. The van der Waals surface area contributed by atoms with Gasteiger partial charge in [-0.05, 0) is 23.3 Å². The van der Waals surface area contributed by atoms with Crippen LogP contribution in [-0.2, 0) is 0 Å². The summed E-state index contributed by atoms with van der Waals surface area (Å²) in [5.41, 5.74) is 1.40. The predicted octanol–water partition coefficient (Wildman–Crippen LogP) is 1.95. The summed E-state index contributed by atoms with van der Waals surface area (Å²) in [6.45, 7) is 0. The van der Waals surface area contributed by atoms with Crippen molar-refractivity contribution in [1.29, 1.82) is 21.0 Å². The van der Waals surface area contributed by atoms with E-state index in [9.17, 15) is 0 Å². The first-order valence-electron chi connectivity index (χ1n) is 5.73. The van der Waals surface area contributed by atoms with Crippen molar-refractivity contribution in [2.75, 3.05) is 0 Å². The molecule has 0 unspecified atom stereocenters. The number of rotatable bonds is 0. The predicted molar refractivity (Wildman–Crippen MR) is 79.3 cm³/mol. The molecule has 0 atom stereocenters. The van der Waals surface area contributed by atoms with E-state index >= 15 is 0 Å². The van der Waals surface area contributed by atoms with Crippen LogP contribution in [-0.4, -0.2) is 0 Å². The third kappa shape index (κ3) is 2.47. The average molecular weight is 333 g/mol. The highest BCUT2D eigenvalue weighted by Crippen LogP contribution is 2.27. The maximum Gasteiger partial charge on any atom is 0.137 e. The van der Waals surface area contributed by atoms with E-state index < -0.39 is 0 Å². The molecule has 5 heteroatoms. The molecular weight excluding hydrogens is 328 g/mol. The van der Waals surface area contributed by atoms with Gasteiger partial charge >= 0.3 is 0 Å². The van der Waals surface area contributed by atoms with Gasteiger partial charge < -0.3 is 0 Å². The number of fused-ring (bicyclic) bond motifs is 1. The zero-order valence-corrected chi connectivity index (χ0v) is 12.1. The summed E-state index contributed by atoms with van der Waals surface area (Å²) in [5, 5.41) is 37.0. The molecule has 0 heterocycles. The van der Waals surface area contributed by atoms with Crippen molar-refractivity contribution in [2.24, 2.45) is 0 Å². The molecule has 0 aliphatic heterocycles. The van der Waals surface area contributed by atoms with Crippen molar-refractivity contribution >= 4 is 27.1 Å². The lowest BCUT2D eigenvalue weighted by atomic mass is 10.1. The van der Waals surface area contributed by atoms with Crippen LogP contribution < -0.4 is 10.4 Å². The topological polar surface area (TPSA) is 95.2 Å². The summed E-state index contributed by atoms with van der Waals surface area (Å²) in [7, 11) is 0. The molecular formula is C16H5BrN4. The second-order valence-electron chi connectivity index (χ2n) is 4.06. The van der Waals surface area contributed by atoms with Crippen LogP contribution in [0, 0.1) is 45.3 Å². The van der Waals surface area contributed by atoms with E-state index in [1.165, 1.54) is 0 Å². The molecule has 0 bridgehead atoms. The molecule has 2 aliphatic rings.